The van der Waals surface area contributed by atoms with Crippen molar-refractivity contribution in [2.24, 2.45) is 0 Å². The lowest BCUT2D eigenvalue weighted by Gasteiger charge is -2.27. The summed E-state index contributed by atoms with van der Waals surface area (Å²) in [6.45, 7) is 3.21. The number of carbonyl (C=O) groups is 1. The smallest absolute Gasteiger partial charge is 0.234 e. The van der Waals surface area contributed by atoms with Gasteiger partial charge in [-0.3, -0.25) is 9.69 Å². The number of sulfone groups is 1. The zero-order valence-corrected chi connectivity index (χ0v) is 16.2. The Hall–Kier alpha value is -1.44. The average molecular weight is 380 g/mol. The molecule has 2 saturated heterocycles. The number of likely N-dealkylation sites (tertiary alicyclic amines) is 1. The third-order valence-corrected chi connectivity index (χ3v) is 7.15. The summed E-state index contributed by atoms with van der Waals surface area (Å²) in [4.78, 5) is 16.9. The van der Waals surface area contributed by atoms with Gasteiger partial charge in [-0.05, 0) is 45.0 Å². The van der Waals surface area contributed by atoms with E-state index in [9.17, 15) is 13.2 Å². The van der Waals surface area contributed by atoms with E-state index in [4.69, 9.17) is 0 Å². The van der Waals surface area contributed by atoms with E-state index in [1.165, 1.54) is 12.8 Å². The van der Waals surface area contributed by atoms with Crippen LogP contribution in [0.2, 0.25) is 0 Å². The van der Waals surface area contributed by atoms with Gasteiger partial charge in [-0.25, -0.2) is 8.42 Å². The minimum atomic E-state index is -2.94. The molecule has 0 spiro atoms. The lowest BCUT2D eigenvalue weighted by Crippen LogP contribution is -2.44. The van der Waals surface area contributed by atoms with Crippen LogP contribution in [-0.4, -0.2) is 74.9 Å². The van der Waals surface area contributed by atoms with Gasteiger partial charge in [0.25, 0.3) is 0 Å². The number of benzene rings is 1. The predicted molar refractivity (Wildman–Crippen MR) is 103 cm³/mol. The third-order valence-electron chi connectivity index (χ3n) is 5.40. The van der Waals surface area contributed by atoms with Crippen molar-refractivity contribution in [3.05, 3.63) is 35.9 Å². The summed E-state index contributed by atoms with van der Waals surface area (Å²) in [6, 6.07) is 9.97. The molecule has 0 aliphatic carbocycles. The fourth-order valence-corrected chi connectivity index (χ4v) is 5.67. The van der Waals surface area contributed by atoms with Crippen molar-refractivity contribution in [2.75, 3.05) is 44.7 Å². The van der Waals surface area contributed by atoms with Gasteiger partial charge in [0.2, 0.25) is 5.91 Å². The van der Waals surface area contributed by atoms with Gasteiger partial charge in [0.05, 0.1) is 24.1 Å². The molecular weight excluding hydrogens is 350 g/mol. The summed E-state index contributed by atoms with van der Waals surface area (Å²) < 4.78 is 23.3. The van der Waals surface area contributed by atoms with Crippen LogP contribution in [0.4, 0.5) is 0 Å². The predicted octanol–water partition coefficient (Wildman–Crippen LogP) is 1.06. The molecule has 6 nitrogen and oxygen atoms in total. The second kappa shape index (κ2) is 8.50. The second-order valence-corrected chi connectivity index (χ2v) is 9.74. The molecule has 26 heavy (non-hydrogen) atoms. The molecule has 7 heteroatoms. The Labute approximate surface area is 156 Å². The summed E-state index contributed by atoms with van der Waals surface area (Å²) in [5.41, 5.74) is 1.11. The van der Waals surface area contributed by atoms with Gasteiger partial charge < -0.3 is 10.2 Å². The second-order valence-electron chi connectivity index (χ2n) is 7.51. The van der Waals surface area contributed by atoms with Crippen LogP contribution >= 0.6 is 0 Å². The van der Waals surface area contributed by atoms with Crippen molar-refractivity contribution in [1.29, 1.82) is 0 Å². The highest BCUT2D eigenvalue weighted by atomic mass is 32.2. The Kier molecular flexibility index (Phi) is 6.32. The van der Waals surface area contributed by atoms with Crippen molar-refractivity contribution in [3.63, 3.8) is 0 Å². The highest BCUT2D eigenvalue weighted by molar-refractivity contribution is 7.91. The summed E-state index contributed by atoms with van der Waals surface area (Å²) in [5.74, 6) is 0.336. The summed E-state index contributed by atoms with van der Waals surface area (Å²) >= 11 is 0. The number of nitrogens with zero attached hydrogens (tertiary/aromatic N) is 2. The molecule has 0 aromatic heterocycles. The highest BCUT2D eigenvalue weighted by Gasteiger charge is 2.31. The Morgan fingerprint density at radius 3 is 2.58 bits per heavy atom. The summed E-state index contributed by atoms with van der Waals surface area (Å²) in [7, 11) is -1.10. The molecule has 2 unspecified atom stereocenters. The maximum atomic E-state index is 12.6. The normalized spacial score (nSPS) is 24.0. The minimum absolute atomic E-state index is 0.0393. The van der Waals surface area contributed by atoms with Gasteiger partial charge in [-0.2, -0.15) is 0 Å². The van der Waals surface area contributed by atoms with Gasteiger partial charge in [0.15, 0.2) is 9.84 Å². The Morgan fingerprint density at radius 1 is 1.27 bits per heavy atom. The van der Waals surface area contributed by atoms with Gasteiger partial charge in [0.1, 0.15) is 0 Å². The molecule has 2 heterocycles. The average Bonchev–Trinajstić information content (AvgIpc) is 3.24. The molecule has 1 N–H and O–H groups in total. The summed E-state index contributed by atoms with van der Waals surface area (Å²) in [5, 5.41) is 3.16. The van der Waals surface area contributed by atoms with Crippen LogP contribution in [0.3, 0.4) is 0 Å². The van der Waals surface area contributed by atoms with E-state index in [1.54, 1.807) is 0 Å². The van der Waals surface area contributed by atoms with Crippen LogP contribution in [0.25, 0.3) is 0 Å². The van der Waals surface area contributed by atoms with Crippen LogP contribution in [0, 0.1) is 0 Å². The van der Waals surface area contributed by atoms with Crippen molar-refractivity contribution < 1.29 is 13.2 Å². The first kappa shape index (κ1) is 19.3. The standard InChI is InChI=1S/C19H29N3O3S/c1-21(17-9-12-26(24,25)15-17)14-19(23)20-18(13-22-10-5-6-11-22)16-7-3-2-4-8-16/h2-4,7-8,17-18H,5-6,9-15H2,1H3,(H,20,23). The fourth-order valence-electron chi connectivity index (χ4n) is 3.86. The third kappa shape index (κ3) is 5.28. The number of likely N-dealkylation sites (N-methyl/N-ethyl adjacent to an activating group) is 1. The molecule has 144 valence electrons. The van der Waals surface area contributed by atoms with Crippen LogP contribution in [0.5, 0.6) is 0 Å². The van der Waals surface area contributed by atoms with Crippen LogP contribution < -0.4 is 5.32 Å². The molecule has 0 bridgehead atoms. The molecule has 1 amide bonds. The number of nitrogens with one attached hydrogen (secondary N) is 1. The van der Waals surface area contributed by atoms with E-state index >= 15 is 0 Å². The lowest BCUT2D eigenvalue weighted by molar-refractivity contribution is -0.123. The molecule has 3 rings (SSSR count). The van der Waals surface area contributed by atoms with Crippen molar-refractivity contribution >= 4 is 15.7 Å². The van der Waals surface area contributed by atoms with Gasteiger partial charge in [0, 0.05) is 12.6 Å². The highest BCUT2D eigenvalue weighted by Crippen LogP contribution is 2.19. The number of rotatable bonds is 7. The quantitative estimate of drug-likeness (QED) is 0.767. The zero-order chi connectivity index (χ0) is 18.6. The van der Waals surface area contributed by atoms with Crippen molar-refractivity contribution in [1.82, 2.24) is 15.1 Å². The van der Waals surface area contributed by atoms with E-state index < -0.39 is 9.84 Å². The number of hydrogen-bond acceptors (Lipinski definition) is 5. The topological polar surface area (TPSA) is 69.7 Å². The van der Waals surface area contributed by atoms with Crippen LogP contribution in [0.15, 0.2) is 30.3 Å². The molecular formula is C19H29N3O3S. The first-order chi connectivity index (χ1) is 12.4. The molecule has 2 aliphatic heterocycles. The largest absolute Gasteiger partial charge is 0.347 e. The number of hydrogen-bond donors (Lipinski definition) is 1. The maximum absolute atomic E-state index is 12.6. The molecule has 0 radical (unpaired) electrons. The van der Waals surface area contributed by atoms with Gasteiger partial charge in [-0.15, -0.1) is 0 Å². The maximum Gasteiger partial charge on any atom is 0.234 e. The first-order valence-electron chi connectivity index (χ1n) is 9.40. The Bertz CT molecular complexity index is 702. The molecule has 2 atom stereocenters. The molecule has 0 saturated carbocycles. The zero-order valence-electron chi connectivity index (χ0n) is 15.4. The van der Waals surface area contributed by atoms with Crippen LogP contribution in [-0.2, 0) is 14.6 Å². The molecule has 2 fully saturated rings. The molecule has 1 aromatic rings. The van der Waals surface area contributed by atoms with E-state index in [0.717, 1.165) is 25.2 Å². The van der Waals surface area contributed by atoms with E-state index in [1.807, 2.05) is 42.3 Å². The van der Waals surface area contributed by atoms with Crippen molar-refractivity contribution in [2.45, 2.75) is 31.3 Å². The minimum Gasteiger partial charge on any atom is -0.347 e. The SMILES string of the molecule is CN(CC(=O)NC(CN1CCCC1)c1ccccc1)C1CCS(=O)(=O)C1. The van der Waals surface area contributed by atoms with E-state index in [0.29, 0.717) is 6.42 Å². The number of carbonyl (C=O) groups excluding carboxylic acids is 1. The van der Waals surface area contributed by atoms with Crippen LogP contribution in [0.1, 0.15) is 30.9 Å². The van der Waals surface area contributed by atoms with Gasteiger partial charge >= 0.3 is 0 Å². The molecule has 1 aromatic carbocycles. The molecule has 2 aliphatic rings. The van der Waals surface area contributed by atoms with Crippen molar-refractivity contribution in [3.8, 4) is 0 Å². The van der Waals surface area contributed by atoms with Gasteiger partial charge in [-0.1, -0.05) is 30.3 Å². The van der Waals surface area contributed by atoms with E-state index in [-0.39, 0.29) is 36.0 Å². The monoisotopic (exact) mass is 379 g/mol. The fraction of sp³-hybridized carbons (Fsp3) is 0.632. The number of amides is 1. The summed E-state index contributed by atoms with van der Waals surface area (Å²) in [6.07, 6.45) is 3.05. The first-order valence-corrected chi connectivity index (χ1v) is 11.2. The Morgan fingerprint density at radius 2 is 1.96 bits per heavy atom. The lowest BCUT2D eigenvalue weighted by atomic mass is 10.1. The Balaban J connectivity index is 1.59. The van der Waals surface area contributed by atoms with E-state index in [2.05, 4.69) is 10.2 Å².